The van der Waals surface area contributed by atoms with Gasteiger partial charge in [-0.2, -0.15) is 26.3 Å². The number of halogens is 9. The molecule has 0 radical (unpaired) electrons. The predicted molar refractivity (Wildman–Crippen MR) is 150 cm³/mol. The molecule has 0 amide bonds. The summed E-state index contributed by atoms with van der Waals surface area (Å²) in [6, 6.07) is 4.96. The molecule has 8 nitrogen and oxygen atoms in total. The maximum absolute atomic E-state index is 15.2. The van der Waals surface area contributed by atoms with Crippen LogP contribution in [-0.4, -0.2) is 46.0 Å². The molecule has 2 heterocycles. The first kappa shape index (κ1) is 34.9. The lowest BCUT2D eigenvalue weighted by Crippen LogP contribution is -2.31. The Bertz CT molecular complexity index is 2050. The van der Waals surface area contributed by atoms with Gasteiger partial charge in [-0.1, -0.05) is 0 Å². The van der Waals surface area contributed by atoms with Crippen molar-refractivity contribution >= 4 is 48.2 Å². The first-order chi connectivity index (χ1) is 21.1. The number of imidazole rings is 1. The molecule has 0 atom stereocenters. The van der Waals surface area contributed by atoms with Gasteiger partial charge >= 0.3 is 11.0 Å². The number of nitrogens with zero attached hydrogens (tertiary/aromatic N) is 4. The molecule has 0 bridgehead atoms. The normalized spacial score (nSPS) is 16.5. The highest BCUT2D eigenvalue weighted by molar-refractivity contribution is 7.92. The maximum Gasteiger partial charge on any atom is 0.501 e. The van der Waals surface area contributed by atoms with Gasteiger partial charge in [0.25, 0.3) is 25.5 Å². The summed E-state index contributed by atoms with van der Waals surface area (Å²) >= 11 is 0. The van der Waals surface area contributed by atoms with E-state index < -0.39 is 58.0 Å². The lowest BCUT2D eigenvalue weighted by Gasteiger charge is -2.21. The molecule has 46 heavy (non-hydrogen) atoms. The average Bonchev–Trinajstić information content (AvgIpc) is 3.39. The first-order valence-electron chi connectivity index (χ1n) is 13.0. The van der Waals surface area contributed by atoms with Gasteiger partial charge in [-0.3, -0.25) is 0 Å². The fourth-order valence-electron chi connectivity index (χ4n) is 4.95. The van der Waals surface area contributed by atoms with Crippen molar-refractivity contribution in [2.24, 2.45) is 7.05 Å². The Balaban J connectivity index is 1.78. The molecule has 250 valence electrons. The SMILES string of the molecule is CCN1/C(=C/C(F)=C(F)/C(F)=C\c2n(CC)c3cc(S(=O)(=O)C(F)(F)F)ccc3[n+]2C)N(C)c2ccc(S(=O)(=O)C(F)(F)F)cc21. The Morgan fingerprint density at radius 2 is 1.37 bits per heavy atom. The summed E-state index contributed by atoms with van der Waals surface area (Å²) in [5.74, 6) is -5.88. The van der Waals surface area contributed by atoms with E-state index in [4.69, 9.17) is 0 Å². The summed E-state index contributed by atoms with van der Waals surface area (Å²) in [5, 5.41) is 0. The Kier molecular flexibility index (Phi) is 8.84. The number of sulfone groups is 2. The Hall–Kier alpha value is -4.00. The van der Waals surface area contributed by atoms with Crippen molar-refractivity contribution in [1.82, 2.24) is 4.57 Å². The zero-order valence-corrected chi connectivity index (χ0v) is 25.8. The topological polar surface area (TPSA) is 83.6 Å². The molecule has 1 aromatic heterocycles. The van der Waals surface area contributed by atoms with E-state index in [0.29, 0.717) is 24.3 Å². The standard InChI is InChI=1S/C27H24F9N4O4S2/c1-5-39-21-11-15(45(41,42)26(31,32)33)7-9-19(21)37(3)23(39)13-17(28)25(30)18(29)14-24-38(4)20-10-8-16(12-22(20)40(24)6-2)46(43,44)27(34,35)36/h7-14H,5-6H2,1-4H3/q+1. The van der Waals surface area contributed by atoms with Gasteiger partial charge < -0.3 is 9.80 Å². The highest BCUT2D eigenvalue weighted by Gasteiger charge is 2.48. The van der Waals surface area contributed by atoms with Crippen molar-refractivity contribution < 1.29 is 60.9 Å². The molecule has 0 saturated carbocycles. The highest BCUT2D eigenvalue weighted by Crippen LogP contribution is 2.44. The van der Waals surface area contributed by atoms with Crippen LogP contribution in [0.4, 0.5) is 50.9 Å². The second-order valence-electron chi connectivity index (χ2n) is 9.82. The molecule has 4 rings (SSSR count). The molecule has 2 aromatic carbocycles. The van der Waals surface area contributed by atoms with Crippen LogP contribution in [0.15, 0.2) is 75.6 Å². The molecule has 19 heteroatoms. The zero-order valence-electron chi connectivity index (χ0n) is 24.2. The van der Waals surface area contributed by atoms with Gasteiger partial charge in [0.1, 0.15) is 5.82 Å². The van der Waals surface area contributed by atoms with Crippen molar-refractivity contribution in [3.8, 4) is 0 Å². The van der Waals surface area contributed by atoms with Crippen molar-refractivity contribution in [3.05, 3.63) is 71.6 Å². The minimum Gasteiger partial charge on any atom is -0.329 e. The molecule has 0 N–H and O–H groups in total. The quantitative estimate of drug-likeness (QED) is 0.162. The van der Waals surface area contributed by atoms with Crippen LogP contribution in [0.3, 0.4) is 0 Å². The number of aromatic nitrogens is 2. The lowest BCUT2D eigenvalue weighted by atomic mass is 10.2. The number of rotatable bonds is 7. The second-order valence-corrected chi connectivity index (χ2v) is 13.7. The summed E-state index contributed by atoms with van der Waals surface area (Å²) in [5.41, 5.74) is -11.0. The Morgan fingerprint density at radius 1 is 0.826 bits per heavy atom. The second kappa shape index (κ2) is 11.7. The Morgan fingerprint density at radius 3 is 1.89 bits per heavy atom. The van der Waals surface area contributed by atoms with Gasteiger partial charge in [0.2, 0.25) is 0 Å². The van der Waals surface area contributed by atoms with Crippen LogP contribution in [0.1, 0.15) is 19.7 Å². The number of allylic oxidation sites excluding steroid dienone is 4. The lowest BCUT2D eigenvalue weighted by molar-refractivity contribution is -0.647. The minimum atomic E-state index is -5.73. The number of fused-ring (bicyclic) bond motifs is 2. The molecular weight excluding hydrogens is 679 g/mol. The smallest absolute Gasteiger partial charge is 0.329 e. The van der Waals surface area contributed by atoms with E-state index in [1.165, 1.54) is 46.9 Å². The molecule has 0 aliphatic carbocycles. The third-order valence-corrected chi connectivity index (χ3v) is 10.2. The number of anilines is 2. The van der Waals surface area contributed by atoms with E-state index in [1.54, 1.807) is 0 Å². The largest absolute Gasteiger partial charge is 0.501 e. The fraction of sp³-hybridized carbons (Fsp3) is 0.296. The van der Waals surface area contributed by atoms with E-state index >= 15 is 13.2 Å². The van der Waals surface area contributed by atoms with E-state index in [2.05, 4.69) is 0 Å². The summed E-state index contributed by atoms with van der Waals surface area (Å²) in [6.45, 7) is 2.89. The average molecular weight is 704 g/mol. The number of benzene rings is 2. The van der Waals surface area contributed by atoms with Gasteiger partial charge in [0.15, 0.2) is 28.5 Å². The van der Waals surface area contributed by atoms with Crippen LogP contribution in [0.5, 0.6) is 0 Å². The molecule has 1 aliphatic rings. The number of hydrogen-bond acceptors (Lipinski definition) is 6. The van der Waals surface area contributed by atoms with Crippen LogP contribution >= 0.6 is 0 Å². The first-order valence-corrected chi connectivity index (χ1v) is 16.0. The van der Waals surface area contributed by atoms with Crippen molar-refractivity contribution in [2.75, 3.05) is 23.4 Å². The number of aryl methyl sites for hydroxylation is 2. The van der Waals surface area contributed by atoms with Gasteiger partial charge in [-0.15, -0.1) is 0 Å². The summed E-state index contributed by atoms with van der Waals surface area (Å²) in [4.78, 5) is 0.246. The maximum atomic E-state index is 15.2. The summed E-state index contributed by atoms with van der Waals surface area (Å²) in [6.07, 6.45) is 1.10. The van der Waals surface area contributed by atoms with E-state index in [1.807, 2.05) is 0 Å². The Labute approximate surface area is 256 Å². The zero-order chi connectivity index (χ0) is 34.7. The van der Waals surface area contributed by atoms with Crippen LogP contribution in [0.25, 0.3) is 17.1 Å². The molecule has 0 fully saturated rings. The van der Waals surface area contributed by atoms with E-state index in [9.17, 15) is 43.2 Å². The molecule has 0 spiro atoms. The monoisotopic (exact) mass is 703 g/mol. The van der Waals surface area contributed by atoms with E-state index in [0.717, 1.165) is 24.3 Å². The number of hydrogen-bond donors (Lipinski definition) is 0. The van der Waals surface area contributed by atoms with Gasteiger partial charge in [-0.25, -0.2) is 39.1 Å². The third-order valence-electron chi connectivity index (χ3n) is 7.23. The third kappa shape index (κ3) is 5.62. The molecule has 0 unspecified atom stereocenters. The molecule has 1 aliphatic heterocycles. The summed E-state index contributed by atoms with van der Waals surface area (Å²) in [7, 11) is -8.78. The molecule has 3 aromatic rings. The molecular formula is C27H24F9N4O4S2+. The van der Waals surface area contributed by atoms with Crippen molar-refractivity contribution in [1.29, 1.82) is 0 Å². The van der Waals surface area contributed by atoms with Crippen LogP contribution in [0.2, 0.25) is 0 Å². The van der Waals surface area contributed by atoms with Crippen LogP contribution in [-0.2, 0) is 33.3 Å². The minimum absolute atomic E-state index is 0.0512. The van der Waals surface area contributed by atoms with Crippen LogP contribution < -0.4 is 14.4 Å². The van der Waals surface area contributed by atoms with Gasteiger partial charge in [-0.05, 0) is 44.2 Å². The van der Waals surface area contributed by atoms with Gasteiger partial charge in [0, 0.05) is 25.7 Å². The van der Waals surface area contributed by atoms with Crippen LogP contribution in [0, 0.1) is 0 Å². The van der Waals surface area contributed by atoms with Crippen molar-refractivity contribution in [2.45, 2.75) is 41.2 Å². The highest BCUT2D eigenvalue weighted by atomic mass is 32.2. The fourth-order valence-corrected chi connectivity index (χ4v) is 6.51. The number of alkyl halides is 6. The predicted octanol–water partition coefficient (Wildman–Crippen LogP) is 6.35. The van der Waals surface area contributed by atoms with Crippen molar-refractivity contribution in [3.63, 3.8) is 0 Å². The molecule has 0 saturated heterocycles. The summed E-state index contributed by atoms with van der Waals surface area (Å²) < 4.78 is 174. The van der Waals surface area contributed by atoms with E-state index in [-0.39, 0.29) is 47.1 Å². The van der Waals surface area contributed by atoms with Gasteiger partial charge in [0.05, 0.1) is 40.8 Å².